The van der Waals surface area contributed by atoms with Crippen LogP contribution in [0.3, 0.4) is 0 Å². The summed E-state index contributed by atoms with van der Waals surface area (Å²) in [4.78, 5) is 10.6. The lowest BCUT2D eigenvalue weighted by Gasteiger charge is -2.02. The minimum Gasteiger partial charge on any atom is -0.477 e. The second-order valence-electron chi connectivity index (χ2n) is 3.76. The fourth-order valence-electron chi connectivity index (χ4n) is 1.38. The van der Waals surface area contributed by atoms with Crippen LogP contribution in [0, 0.1) is 0 Å². The number of rotatable bonds is 5. The number of nitrogens with one attached hydrogen (secondary N) is 1. The molecule has 0 saturated heterocycles. The summed E-state index contributed by atoms with van der Waals surface area (Å²) in [6.07, 6.45) is 1.71. The number of thiophene rings is 1. The molecule has 7 nitrogen and oxygen atoms in total. The Morgan fingerprint density at radius 2 is 2.32 bits per heavy atom. The van der Waals surface area contributed by atoms with Gasteiger partial charge in [0.05, 0.1) is 17.1 Å². The Kier molecular flexibility index (Phi) is 3.69. The van der Waals surface area contributed by atoms with E-state index < -0.39 is 16.0 Å². The van der Waals surface area contributed by atoms with Crippen LogP contribution < -0.4 is 4.72 Å². The van der Waals surface area contributed by atoms with Crippen LogP contribution in [0.4, 0.5) is 0 Å². The lowest BCUT2D eigenvalue weighted by Crippen LogP contribution is -2.23. The lowest BCUT2D eigenvalue weighted by molar-refractivity contribution is 0.0702. The zero-order valence-electron chi connectivity index (χ0n) is 9.90. The summed E-state index contributed by atoms with van der Waals surface area (Å²) in [6.45, 7) is 0.0570. The number of carboxylic acid groups (broad SMARTS) is 1. The van der Waals surface area contributed by atoms with Gasteiger partial charge >= 0.3 is 5.97 Å². The van der Waals surface area contributed by atoms with E-state index in [1.807, 2.05) is 0 Å². The molecule has 0 radical (unpaired) electrons. The molecule has 2 rings (SSSR count). The predicted molar refractivity (Wildman–Crippen MR) is 68.5 cm³/mol. The van der Waals surface area contributed by atoms with Crippen LogP contribution in [0.25, 0.3) is 0 Å². The van der Waals surface area contributed by atoms with E-state index in [4.69, 9.17) is 5.11 Å². The van der Waals surface area contributed by atoms with Gasteiger partial charge in [-0.05, 0) is 12.1 Å². The van der Waals surface area contributed by atoms with Crippen molar-refractivity contribution < 1.29 is 18.3 Å². The van der Waals surface area contributed by atoms with Crippen molar-refractivity contribution >= 4 is 27.3 Å². The molecular weight excluding hydrogens is 290 g/mol. The lowest BCUT2D eigenvalue weighted by atomic mass is 10.4. The number of carbonyl (C=O) groups is 1. The Bertz CT molecular complexity index is 702. The number of aryl methyl sites for hydroxylation is 1. The predicted octanol–water partition coefficient (Wildman–Crippen LogP) is 0.658. The Morgan fingerprint density at radius 3 is 2.84 bits per heavy atom. The molecule has 9 heteroatoms. The van der Waals surface area contributed by atoms with Gasteiger partial charge in [-0.15, -0.1) is 11.3 Å². The second kappa shape index (κ2) is 5.11. The number of sulfonamides is 1. The summed E-state index contributed by atoms with van der Waals surface area (Å²) in [5, 5.41) is 14.1. The Labute approximate surface area is 113 Å². The van der Waals surface area contributed by atoms with Gasteiger partial charge in [0.1, 0.15) is 4.88 Å². The van der Waals surface area contributed by atoms with Gasteiger partial charge in [-0.2, -0.15) is 5.10 Å². The van der Waals surface area contributed by atoms with E-state index in [2.05, 4.69) is 9.82 Å². The fourth-order valence-corrected chi connectivity index (χ4v) is 3.49. The Morgan fingerprint density at radius 1 is 1.58 bits per heavy atom. The second-order valence-corrected chi connectivity index (χ2v) is 6.44. The van der Waals surface area contributed by atoms with Crippen molar-refractivity contribution in [3.63, 3.8) is 0 Å². The first-order chi connectivity index (χ1) is 8.88. The highest BCUT2D eigenvalue weighted by atomic mass is 32.2. The van der Waals surface area contributed by atoms with Crippen LogP contribution in [-0.4, -0.2) is 29.3 Å². The van der Waals surface area contributed by atoms with Crippen molar-refractivity contribution in [1.29, 1.82) is 0 Å². The number of aromatic nitrogens is 2. The van der Waals surface area contributed by atoms with Crippen molar-refractivity contribution in [3.8, 4) is 0 Å². The smallest absolute Gasteiger partial charge is 0.345 e. The molecule has 0 amide bonds. The van der Waals surface area contributed by atoms with Crippen molar-refractivity contribution in [2.75, 3.05) is 0 Å². The van der Waals surface area contributed by atoms with Crippen LogP contribution in [0.2, 0.25) is 0 Å². The molecule has 2 heterocycles. The average molecular weight is 301 g/mol. The third kappa shape index (κ3) is 3.19. The quantitative estimate of drug-likeness (QED) is 0.844. The highest BCUT2D eigenvalue weighted by Crippen LogP contribution is 2.19. The molecule has 2 aromatic heterocycles. The maximum Gasteiger partial charge on any atom is 0.345 e. The van der Waals surface area contributed by atoms with Crippen LogP contribution in [0.1, 0.15) is 15.4 Å². The highest BCUT2D eigenvalue weighted by Gasteiger charge is 2.18. The number of aromatic carboxylic acids is 1. The maximum absolute atomic E-state index is 11.9. The van der Waals surface area contributed by atoms with Crippen LogP contribution in [0.5, 0.6) is 0 Å². The van der Waals surface area contributed by atoms with E-state index in [0.717, 1.165) is 17.4 Å². The molecule has 0 saturated carbocycles. The monoisotopic (exact) mass is 301 g/mol. The summed E-state index contributed by atoms with van der Waals surface area (Å²) in [6, 6.07) is 2.83. The largest absolute Gasteiger partial charge is 0.477 e. The van der Waals surface area contributed by atoms with Gasteiger partial charge in [0.2, 0.25) is 10.0 Å². The van der Waals surface area contributed by atoms with Gasteiger partial charge in [-0.1, -0.05) is 0 Å². The molecule has 2 aromatic rings. The summed E-state index contributed by atoms with van der Waals surface area (Å²) < 4.78 is 27.8. The van der Waals surface area contributed by atoms with Crippen molar-refractivity contribution in [2.24, 2.45) is 7.05 Å². The normalized spacial score (nSPS) is 11.6. The van der Waals surface area contributed by atoms with Crippen molar-refractivity contribution in [2.45, 2.75) is 11.4 Å². The average Bonchev–Trinajstić information content (AvgIpc) is 2.95. The molecule has 0 fully saturated rings. The summed E-state index contributed by atoms with van der Waals surface area (Å²) in [7, 11) is -1.98. The molecule has 102 valence electrons. The zero-order valence-corrected chi connectivity index (χ0v) is 11.5. The van der Waals surface area contributed by atoms with E-state index in [9.17, 15) is 13.2 Å². The van der Waals surface area contributed by atoms with Gasteiger partial charge in [-0.25, -0.2) is 17.9 Å². The molecule has 0 spiro atoms. The van der Waals surface area contributed by atoms with Gasteiger partial charge in [-0.3, -0.25) is 4.68 Å². The standard InChI is InChI=1S/C10H11N3O4S2/c1-13-3-2-7(12-13)5-11-19(16,17)8-4-9(10(14)15)18-6-8/h2-4,6,11H,5H2,1H3,(H,14,15). The first-order valence-electron chi connectivity index (χ1n) is 5.18. The van der Waals surface area contributed by atoms with E-state index in [-0.39, 0.29) is 16.3 Å². The van der Waals surface area contributed by atoms with Gasteiger partial charge in [0, 0.05) is 18.6 Å². The minimum absolute atomic E-state index is 0.0155. The molecule has 0 aliphatic heterocycles. The molecule has 0 atom stereocenters. The van der Waals surface area contributed by atoms with E-state index >= 15 is 0 Å². The molecule has 0 bridgehead atoms. The van der Waals surface area contributed by atoms with Crippen LogP contribution >= 0.6 is 11.3 Å². The van der Waals surface area contributed by atoms with Gasteiger partial charge < -0.3 is 5.11 Å². The third-order valence-electron chi connectivity index (χ3n) is 2.31. The first kappa shape index (κ1) is 13.7. The minimum atomic E-state index is -3.71. The van der Waals surface area contributed by atoms with Crippen molar-refractivity contribution in [1.82, 2.24) is 14.5 Å². The molecule has 2 N–H and O–H groups in total. The highest BCUT2D eigenvalue weighted by molar-refractivity contribution is 7.89. The van der Waals surface area contributed by atoms with Crippen LogP contribution in [-0.2, 0) is 23.6 Å². The Balaban J connectivity index is 2.11. The molecule has 0 aromatic carbocycles. The number of carboxylic acids is 1. The zero-order chi connectivity index (χ0) is 14.0. The van der Waals surface area contributed by atoms with Gasteiger partial charge in [0.25, 0.3) is 0 Å². The molecule has 0 aliphatic rings. The van der Waals surface area contributed by atoms with E-state index in [1.165, 1.54) is 5.38 Å². The Hall–Kier alpha value is -1.71. The SMILES string of the molecule is Cn1ccc(CNS(=O)(=O)c2csc(C(=O)O)c2)n1. The van der Waals surface area contributed by atoms with Crippen molar-refractivity contribution in [3.05, 3.63) is 34.3 Å². The summed E-state index contributed by atoms with van der Waals surface area (Å²) in [5.41, 5.74) is 0.583. The number of hydrogen-bond donors (Lipinski definition) is 2. The van der Waals surface area contributed by atoms with E-state index in [1.54, 1.807) is 24.0 Å². The van der Waals surface area contributed by atoms with Crippen LogP contribution in [0.15, 0.2) is 28.6 Å². The number of nitrogens with zero attached hydrogens (tertiary/aromatic N) is 2. The third-order valence-corrected chi connectivity index (χ3v) is 4.76. The van der Waals surface area contributed by atoms with Gasteiger partial charge in [0.15, 0.2) is 0 Å². The topological polar surface area (TPSA) is 101 Å². The van der Waals surface area contributed by atoms with E-state index in [0.29, 0.717) is 5.69 Å². The maximum atomic E-state index is 11.9. The molecule has 0 aliphatic carbocycles. The fraction of sp³-hybridized carbons (Fsp3) is 0.200. The summed E-state index contributed by atoms with van der Waals surface area (Å²) >= 11 is 0.872. The number of hydrogen-bond acceptors (Lipinski definition) is 5. The summed E-state index contributed by atoms with van der Waals surface area (Å²) in [5.74, 6) is -1.14. The molecule has 0 unspecified atom stereocenters. The molecular formula is C10H11N3O4S2. The molecule has 19 heavy (non-hydrogen) atoms. The first-order valence-corrected chi connectivity index (χ1v) is 7.55.